The second kappa shape index (κ2) is 3.55. The Kier molecular flexibility index (Phi) is 2.87. The SMILES string of the molecule is O=S(=O)([O-])Cc1ccc(Br)cc1. The van der Waals surface area contributed by atoms with E-state index in [1.165, 1.54) is 0 Å². The molecule has 0 atom stereocenters. The molecule has 0 saturated heterocycles. The summed E-state index contributed by atoms with van der Waals surface area (Å²) in [7, 11) is -4.16. The normalized spacial score (nSPS) is 11.5. The number of halogens is 1. The van der Waals surface area contributed by atoms with Gasteiger partial charge in [0.2, 0.25) is 0 Å². The fraction of sp³-hybridized carbons (Fsp3) is 0.143. The third-order valence-corrected chi connectivity index (χ3v) is 2.47. The molecule has 3 nitrogen and oxygen atoms in total. The summed E-state index contributed by atoms with van der Waals surface area (Å²) in [6.45, 7) is 0. The molecule has 12 heavy (non-hydrogen) atoms. The van der Waals surface area contributed by atoms with Crippen LogP contribution in [0.1, 0.15) is 5.56 Å². The van der Waals surface area contributed by atoms with Gasteiger partial charge < -0.3 is 4.55 Å². The maximum atomic E-state index is 10.3. The van der Waals surface area contributed by atoms with E-state index in [2.05, 4.69) is 15.9 Å². The monoisotopic (exact) mass is 249 g/mol. The van der Waals surface area contributed by atoms with E-state index in [1.807, 2.05) is 0 Å². The fourth-order valence-electron chi connectivity index (χ4n) is 0.785. The minimum atomic E-state index is -4.16. The van der Waals surface area contributed by atoms with Gasteiger partial charge in [-0.15, -0.1) is 0 Å². The standard InChI is InChI=1S/C7H7BrO3S/c8-7-3-1-6(2-4-7)5-12(9,10)11/h1-4H,5H2,(H,9,10,11)/p-1. The van der Waals surface area contributed by atoms with Gasteiger partial charge in [-0.25, -0.2) is 8.42 Å². The van der Waals surface area contributed by atoms with Crippen LogP contribution < -0.4 is 0 Å². The molecule has 0 saturated carbocycles. The minimum absolute atomic E-state index is 0.444. The lowest BCUT2D eigenvalue weighted by Crippen LogP contribution is -2.01. The quantitative estimate of drug-likeness (QED) is 0.747. The molecule has 0 unspecified atom stereocenters. The van der Waals surface area contributed by atoms with Crippen LogP contribution in [-0.4, -0.2) is 13.0 Å². The van der Waals surface area contributed by atoms with Crippen molar-refractivity contribution in [2.24, 2.45) is 0 Å². The molecule has 0 fully saturated rings. The summed E-state index contributed by atoms with van der Waals surface area (Å²) in [5.74, 6) is -0.444. The topological polar surface area (TPSA) is 57.2 Å². The van der Waals surface area contributed by atoms with E-state index < -0.39 is 15.9 Å². The van der Waals surface area contributed by atoms with Crippen molar-refractivity contribution in [1.82, 2.24) is 0 Å². The Balaban J connectivity index is 2.85. The first-order valence-electron chi connectivity index (χ1n) is 3.15. The first kappa shape index (κ1) is 9.70. The molecule has 0 aliphatic carbocycles. The highest BCUT2D eigenvalue weighted by Crippen LogP contribution is 2.11. The number of rotatable bonds is 2. The van der Waals surface area contributed by atoms with Crippen LogP contribution in [0.4, 0.5) is 0 Å². The van der Waals surface area contributed by atoms with E-state index >= 15 is 0 Å². The van der Waals surface area contributed by atoms with Crippen molar-refractivity contribution in [3.05, 3.63) is 34.3 Å². The molecule has 0 amide bonds. The maximum Gasteiger partial charge on any atom is 0.0988 e. The Labute approximate surface area is 79.3 Å². The van der Waals surface area contributed by atoms with E-state index in [1.54, 1.807) is 24.3 Å². The first-order valence-corrected chi connectivity index (χ1v) is 5.52. The highest BCUT2D eigenvalue weighted by atomic mass is 79.9. The van der Waals surface area contributed by atoms with Gasteiger partial charge in [0.1, 0.15) is 0 Å². The predicted molar refractivity (Wildman–Crippen MR) is 47.5 cm³/mol. The molecule has 0 aliphatic rings. The summed E-state index contributed by atoms with van der Waals surface area (Å²) in [5.41, 5.74) is 0.508. The summed E-state index contributed by atoms with van der Waals surface area (Å²) in [5, 5.41) is 0. The lowest BCUT2D eigenvalue weighted by molar-refractivity contribution is 0.462. The van der Waals surface area contributed by atoms with Crippen molar-refractivity contribution in [3.63, 3.8) is 0 Å². The lowest BCUT2D eigenvalue weighted by Gasteiger charge is -2.05. The molecule has 1 rings (SSSR count). The van der Waals surface area contributed by atoms with Gasteiger partial charge in [0, 0.05) is 4.47 Å². The molecule has 1 aromatic rings. The highest BCUT2D eigenvalue weighted by Gasteiger charge is 1.97. The molecule has 0 bridgehead atoms. The average molecular weight is 250 g/mol. The third kappa shape index (κ3) is 3.34. The van der Waals surface area contributed by atoms with Crippen LogP contribution in [0.3, 0.4) is 0 Å². The Morgan fingerprint density at radius 2 is 1.75 bits per heavy atom. The summed E-state index contributed by atoms with van der Waals surface area (Å²) >= 11 is 3.20. The largest absolute Gasteiger partial charge is 0.748 e. The Morgan fingerprint density at radius 1 is 1.25 bits per heavy atom. The maximum absolute atomic E-state index is 10.3. The molecule has 5 heteroatoms. The molecule has 0 N–H and O–H groups in total. The molecule has 0 aliphatic heterocycles. The lowest BCUT2D eigenvalue weighted by atomic mass is 10.2. The second-order valence-corrected chi connectivity index (χ2v) is 4.65. The van der Waals surface area contributed by atoms with Crippen LogP contribution in [0.5, 0.6) is 0 Å². The molecule has 0 radical (unpaired) electrons. The smallest absolute Gasteiger partial charge is 0.0988 e. The van der Waals surface area contributed by atoms with Crippen LogP contribution in [0.15, 0.2) is 28.7 Å². The Hall–Kier alpha value is -0.390. The zero-order chi connectivity index (χ0) is 9.19. The minimum Gasteiger partial charge on any atom is -0.748 e. The zero-order valence-corrected chi connectivity index (χ0v) is 8.43. The molecule has 0 spiro atoms. The van der Waals surface area contributed by atoms with E-state index in [4.69, 9.17) is 0 Å². The average Bonchev–Trinajstić information content (AvgIpc) is 1.91. The van der Waals surface area contributed by atoms with E-state index in [9.17, 15) is 13.0 Å². The third-order valence-electron chi connectivity index (χ3n) is 1.26. The van der Waals surface area contributed by atoms with Crippen molar-refractivity contribution >= 4 is 26.0 Å². The van der Waals surface area contributed by atoms with Crippen molar-refractivity contribution in [2.45, 2.75) is 5.75 Å². The van der Waals surface area contributed by atoms with Crippen molar-refractivity contribution in [2.75, 3.05) is 0 Å². The van der Waals surface area contributed by atoms with Gasteiger partial charge >= 0.3 is 0 Å². The van der Waals surface area contributed by atoms with Crippen LogP contribution >= 0.6 is 15.9 Å². The summed E-state index contributed by atoms with van der Waals surface area (Å²) in [4.78, 5) is 0. The van der Waals surface area contributed by atoms with Gasteiger partial charge in [0.15, 0.2) is 0 Å². The highest BCUT2D eigenvalue weighted by molar-refractivity contribution is 9.10. The van der Waals surface area contributed by atoms with Crippen LogP contribution in [-0.2, 0) is 15.9 Å². The first-order chi connectivity index (χ1) is 5.47. The molecular formula is C7H6BrO3S-. The number of hydrogen-bond donors (Lipinski definition) is 0. The Morgan fingerprint density at radius 3 is 2.17 bits per heavy atom. The van der Waals surface area contributed by atoms with E-state index in [-0.39, 0.29) is 0 Å². The van der Waals surface area contributed by atoms with Gasteiger partial charge in [-0.3, -0.25) is 0 Å². The van der Waals surface area contributed by atoms with E-state index in [0.29, 0.717) is 5.56 Å². The van der Waals surface area contributed by atoms with Crippen molar-refractivity contribution < 1.29 is 13.0 Å². The van der Waals surface area contributed by atoms with Gasteiger partial charge in [-0.2, -0.15) is 0 Å². The van der Waals surface area contributed by atoms with Gasteiger partial charge in [0.05, 0.1) is 15.9 Å². The van der Waals surface area contributed by atoms with Crippen molar-refractivity contribution in [1.29, 1.82) is 0 Å². The Bertz CT molecular complexity index is 355. The van der Waals surface area contributed by atoms with Gasteiger partial charge in [-0.05, 0) is 17.7 Å². The van der Waals surface area contributed by atoms with E-state index in [0.717, 1.165) is 4.47 Å². The van der Waals surface area contributed by atoms with Crippen molar-refractivity contribution in [3.8, 4) is 0 Å². The van der Waals surface area contributed by atoms with Crippen LogP contribution in [0.2, 0.25) is 0 Å². The molecule has 0 heterocycles. The molecule has 66 valence electrons. The molecular weight excluding hydrogens is 244 g/mol. The molecule has 1 aromatic carbocycles. The predicted octanol–water partition coefficient (Wildman–Crippen LogP) is 1.49. The summed E-state index contributed by atoms with van der Waals surface area (Å²) < 4.78 is 31.8. The van der Waals surface area contributed by atoms with Crippen LogP contribution in [0.25, 0.3) is 0 Å². The van der Waals surface area contributed by atoms with Gasteiger partial charge in [-0.1, -0.05) is 28.1 Å². The summed E-state index contributed by atoms with van der Waals surface area (Å²) in [6, 6.07) is 6.58. The number of benzene rings is 1. The van der Waals surface area contributed by atoms with Gasteiger partial charge in [0.25, 0.3) is 0 Å². The summed E-state index contributed by atoms with van der Waals surface area (Å²) in [6.07, 6.45) is 0. The fourth-order valence-corrected chi connectivity index (χ4v) is 1.65. The second-order valence-electron chi connectivity index (χ2n) is 2.33. The molecule has 0 aromatic heterocycles. The number of hydrogen-bond acceptors (Lipinski definition) is 3. The van der Waals surface area contributed by atoms with Crippen LogP contribution in [0, 0.1) is 0 Å². The zero-order valence-electron chi connectivity index (χ0n) is 6.03.